The Hall–Kier alpha value is -1.47. The second-order valence-electron chi connectivity index (χ2n) is 3.82. The SMILES string of the molecule is Nc1ccc(Cl)c2c1Cc1ccccc1-2. The molecule has 2 heteroatoms. The van der Waals surface area contributed by atoms with Crippen LogP contribution < -0.4 is 5.73 Å². The summed E-state index contributed by atoms with van der Waals surface area (Å²) in [5, 5.41) is 0.796. The van der Waals surface area contributed by atoms with E-state index >= 15 is 0 Å². The molecule has 15 heavy (non-hydrogen) atoms. The Kier molecular flexibility index (Phi) is 1.77. The van der Waals surface area contributed by atoms with Crippen LogP contribution in [-0.2, 0) is 6.42 Å². The Labute approximate surface area is 93.5 Å². The van der Waals surface area contributed by atoms with Gasteiger partial charge in [0.15, 0.2) is 0 Å². The number of fused-ring (bicyclic) bond motifs is 3. The van der Waals surface area contributed by atoms with Crippen LogP contribution in [0.3, 0.4) is 0 Å². The summed E-state index contributed by atoms with van der Waals surface area (Å²) in [6, 6.07) is 12.1. The lowest BCUT2D eigenvalue weighted by Gasteiger charge is -2.05. The van der Waals surface area contributed by atoms with E-state index in [1.807, 2.05) is 18.2 Å². The van der Waals surface area contributed by atoms with Crippen LogP contribution in [0.2, 0.25) is 5.02 Å². The molecule has 0 heterocycles. The Morgan fingerprint density at radius 1 is 1.07 bits per heavy atom. The van der Waals surface area contributed by atoms with Crippen molar-refractivity contribution < 1.29 is 0 Å². The molecule has 0 amide bonds. The van der Waals surface area contributed by atoms with Crippen molar-refractivity contribution in [3.8, 4) is 11.1 Å². The molecule has 0 saturated carbocycles. The highest BCUT2D eigenvalue weighted by atomic mass is 35.5. The lowest BCUT2D eigenvalue weighted by molar-refractivity contribution is 1.27. The summed E-state index contributed by atoms with van der Waals surface area (Å²) in [4.78, 5) is 0. The molecule has 0 saturated heterocycles. The van der Waals surface area contributed by atoms with Gasteiger partial charge in [0.25, 0.3) is 0 Å². The largest absolute Gasteiger partial charge is 0.398 e. The molecule has 0 atom stereocenters. The summed E-state index contributed by atoms with van der Waals surface area (Å²) < 4.78 is 0. The molecule has 2 aromatic rings. The van der Waals surface area contributed by atoms with Crippen molar-refractivity contribution in [3.05, 3.63) is 52.5 Å². The molecular weight excluding hydrogens is 206 g/mol. The molecule has 1 aliphatic carbocycles. The summed E-state index contributed by atoms with van der Waals surface area (Å²) in [7, 11) is 0. The maximum absolute atomic E-state index is 6.21. The van der Waals surface area contributed by atoms with Gasteiger partial charge in [0.2, 0.25) is 0 Å². The van der Waals surface area contributed by atoms with Crippen LogP contribution in [0.1, 0.15) is 11.1 Å². The summed E-state index contributed by atoms with van der Waals surface area (Å²) in [5.74, 6) is 0. The summed E-state index contributed by atoms with van der Waals surface area (Å²) in [6.45, 7) is 0. The second-order valence-corrected chi connectivity index (χ2v) is 4.23. The average Bonchev–Trinajstić information content (AvgIpc) is 2.64. The average molecular weight is 216 g/mol. The minimum absolute atomic E-state index is 0.796. The van der Waals surface area contributed by atoms with Gasteiger partial charge < -0.3 is 5.73 Å². The molecule has 0 radical (unpaired) electrons. The zero-order valence-corrected chi connectivity index (χ0v) is 8.88. The van der Waals surface area contributed by atoms with Gasteiger partial charge in [-0.05, 0) is 28.8 Å². The molecule has 74 valence electrons. The van der Waals surface area contributed by atoms with Crippen LogP contribution in [0.15, 0.2) is 36.4 Å². The normalized spacial score (nSPS) is 12.3. The number of hydrogen-bond donors (Lipinski definition) is 1. The molecule has 0 aromatic heterocycles. The van der Waals surface area contributed by atoms with Crippen LogP contribution in [0.4, 0.5) is 5.69 Å². The van der Waals surface area contributed by atoms with Crippen LogP contribution >= 0.6 is 11.6 Å². The highest BCUT2D eigenvalue weighted by Crippen LogP contribution is 2.43. The molecule has 3 rings (SSSR count). The van der Waals surface area contributed by atoms with E-state index in [-0.39, 0.29) is 0 Å². The quantitative estimate of drug-likeness (QED) is 0.571. The van der Waals surface area contributed by atoms with Gasteiger partial charge in [0, 0.05) is 22.7 Å². The Morgan fingerprint density at radius 2 is 1.87 bits per heavy atom. The molecular formula is C13H10ClN. The maximum atomic E-state index is 6.21. The van der Waals surface area contributed by atoms with Crippen molar-refractivity contribution in [2.45, 2.75) is 6.42 Å². The minimum atomic E-state index is 0.796. The van der Waals surface area contributed by atoms with Crippen molar-refractivity contribution in [2.24, 2.45) is 0 Å². The fraction of sp³-hybridized carbons (Fsp3) is 0.0769. The van der Waals surface area contributed by atoms with Gasteiger partial charge in [-0.3, -0.25) is 0 Å². The number of anilines is 1. The van der Waals surface area contributed by atoms with E-state index in [2.05, 4.69) is 18.2 Å². The number of benzene rings is 2. The molecule has 0 bridgehead atoms. The van der Waals surface area contributed by atoms with Gasteiger partial charge in [-0.2, -0.15) is 0 Å². The van der Waals surface area contributed by atoms with Crippen molar-refractivity contribution in [3.63, 3.8) is 0 Å². The number of hydrogen-bond acceptors (Lipinski definition) is 1. The Balaban J connectivity index is 2.37. The molecule has 1 aliphatic rings. The van der Waals surface area contributed by atoms with Crippen LogP contribution in [0, 0.1) is 0 Å². The van der Waals surface area contributed by atoms with Crippen molar-refractivity contribution in [1.29, 1.82) is 0 Å². The second kappa shape index (κ2) is 3.01. The van der Waals surface area contributed by atoms with E-state index in [0.717, 1.165) is 22.7 Å². The van der Waals surface area contributed by atoms with Gasteiger partial charge in [0.1, 0.15) is 0 Å². The summed E-state index contributed by atoms with van der Waals surface area (Å²) in [5.41, 5.74) is 11.6. The number of halogens is 1. The highest BCUT2D eigenvalue weighted by molar-refractivity contribution is 6.34. The highest BCUT2D eigenvalue weighted by Gasteiger charge is 2.22. The lowest BCUT2D eigenvalue weighted by atomic mass is 10.1. The van der Waals surface area contributed by atoms with E-state index in [1.165, 1.54) is 16.7 Å². The van der Waals surface area contributed by atoms with Crippen molar-refractivity contribution in [1.82, 2.24) is 0 Å². The molecule has 0 aliphatic heterocycles. The number of nitrogens with two attached hydrogens (primary N) is 1. The van der Waals surface area contributed by atoms with Gasteiger partial charge in [0.05, 0.1) is 0 Å². The van der Waals surface area contributed by atoms with Crippen molar-refractivity contribution in [2.75, 3.05) is 5.73 Å². The van der Waals surface area contributed by atoms with Crippen molar-refractivity contribution >= 4 is 17.3 Å². The minimum Gasteiger partial charge on any atom is -0.398 e. The first-order chi connectivity index (χ1) is 7.27. The zero-order valence-electron chi connectivity index (χ0n) is 8.13. The standard InChI is InChI=1S/C13H10ClN/c14-11-5-6-12(15)10-7-8-3-1-2-4-9(8)13(10)11/h1-6H,7,15H2. The molecule has 2 N–H and O–H groups in total. The van der Waals surface area contributed by atoms with Gasteiger partial charge >= 0.3 is 0 Å². The molecule has 2 aromatic carbocycles. The van der Waals surface area contributed by atoms with E-state index in [1.54, 1.807) is 0 Å². The van der Waals surface area contributed by atoms with E-state index in [0.29, 0.717) is 0 Å². The zero-order chi connectivity index (χ0) is 10.4. The van der Waals surface area contributed by atoms with E-state index in [4.69, 9.17) is 17.3 Å². The number of nitrogen functional groups attached to an aromatic ring is 1. The smallest absolute Gasteiger partial charge is 0.0488 e. The first-order valence-electron chi connectivity index (χ1n) is 4.92. The van der Waals surface area contributed by atoms with Crippen LogP contribution in [-0.4, -0.2) is 0 Å². The molecule has 1 nitrogen and oxygen atoms in total. The number of rotatable bonds is 0. The van der Waals surface area contributed by atoms with Gasteiger partial charge in [-0.25, -0.2) is 0 Å². The monoisotopic (exact) mass is 215 g/mol. The van der Waals surface area contributed by atoms with E-state index in [9.17, 15) is 0 Å². The third kappa shape index (κ3) is 1.17. The Bertz CT molecular complexity index is 546. The predicted octanol–water partition coefficient (Wildman–Crippen LogP) is 3.49. The lowest BCUT2D eigenvalue weighted by Crippen LogP contribution is -1.92. The van der Waals surface area contributed by atoms with Gasteiger partial charge in [-0.1, -0.05) is 35.9 Å². The topological polar surface area (TPSA) is 26.0 Å². The maximum Gasteiger partial charge on any atom is 0.0488 e. The predicted molar refractivity (Wildman–Crippen MR) is 64.1 cm³/mol. The summed E-state index contributed by atoms with van der Waals surface area (Å²) in [6.07, 6.45) is 0.901. The van der Waals surface area contributed by atoms with Gasteiger partial charge in [-0.15, -0.1) is 0 Å². The van der Waals surface area contributed by atoms with Crippen LogP contribution in [0.25, 0.3) is 11.1 Å². The molecule has 0 unspecified atom stereocenters. The summed E-state index contributed by atoms with van der Waals surface area (Å²) >= 11 is 6.21. The molecule has 0 fully saturated rings. The first kappa shape index (κ1) is 8.81. The third-order valence-electron chi connectivity index (χ3n) is 2.95. The first-order valence-corrected chi connectivity index (χ1v) is 5.30. The molecule has 0 spiro atoms. The van der Waals surface area contributed by atoms with Crippen LogP contribution in [0.5, 0.6) is 0 Å². The van der Waals surface area contributed by atoms with E-state index < -0.39 is 0 Å². The fourth-order valence-electron chi connectivity index (χ4n) is 2.23. The fourth-order valence-corrected chi connectivity index (χ4v) is 2.50. The Morgan fingerprint density at radius 3 is 2.73 bits per heavy atom. The third-order valence-corrected chi connectivity index (χ3v) is 3.27.